The Balaban J connectivity index is 1.54. The lowest BCUT2D eigenvalue weighted by atomic mass is 10.1. The number of hydrogen-bond donors (Lipinski definition) is 1. The van der Waals surface area contributed by atoms with Crippen LogP contribution in [0, 0.1) is 0 Å². The summed E-state index contributed by atoms with van der Waals surface area (Å²) in [6.45, 7) is 0.757. The van der Waals surface area contributed by atoms with Gasteiger partial charge in [-0.15, -0.1) is 11.3 Å². The van der Waals surface area contributed by atoms with E-state index in [1.165, 1.54) is 34.3 Å². The Morgan fingerprint density at radius 3 is 2.75 bits per heavy atom. The molecule has 0 unspecified atom stereocenters. The summed E-state index contributed by atoms with van der Waals surface area (Å²) < 4.78 is 42.9. The Morgan fingerprint density at radius 2 is 2.12 bits per heavy atom. The molecular formula is C20H14BrF3N6OS. The number of aromatic amines is 1. The quantitative estimate of drug-likeness (QED) is 0.415. The molecule has 0 radical (unpaired) electrons. The molecule has 1 aliphatic rings. The lowest BCUT2D eigenvalue weighted by Crippen LogP contribution is -2.35. The Bertz CT molecular complexity index is 1330. The van der Waals surface area contributed by atoms with Gasteiger partial charge in [-0.25, -0.2) is 9.97 Å². The van der Waals surface area contributed by atoms with Crippen LogP contribution >= 0.6 is 27.3 Å². The van der Waals surface area contributed by atoms with Crippen molar-refractivity contribution in [2.45, 2.75) is 12.6 Å². The number of aromatic nitrogens is 5. The largest absolute Gasteiger partial charge is 0.420 e. The van der Waals surface area contributed by atoms with Gasteiger partial charge in [-0.1, -0.05) is 6.08 Å². The number of pyridine rings is 1. The minimum absolute atomic E-state index is 0.0645. The minimum atomic E-state index is -4.65. The Hall–Kier alpha value is -2.99. The minimum Gasteiger partial charge on any atom is -0.333 e. The molecule has 0 bridgehead atoms. The number of halogens is 4. The molecule has 7 nitrogen and oxygen atoms in total. The molecule has 0 saturated heterocycles. The third-order valence-corrected chi connectivity index (χ3v) is 6.60. The van der Waals surface area contributed by atoms with Crippen LogP contribution in [0.15, 0.2) is 46.2 Å². The smallest absolute Gasteiger partial charge is 0.333 e. The van der Waals surface area contributed by atoms with Crippen molar-refractivity contribution < 1.29 is 18.0 Å². The van der Waals surface area contributed by atoms with Gasteiger partial charge in [0.05, 0.1) is 23.0 Å². The number of thiazole rings is 1. The number of carbonyl (C=O) groups is 1. The van der Waals surface area contributed by atoms with Crippen molar-refractivity contribution in [1.82, 2.24) is 29.5 Å². The van der Waals surface area contributed by atoms with Crippen molar-refractivity contribution in [2.24, 2.45) is 0 Å². The molecule has 5 rings (SSSR count). The highest BCUT2D eigenvalue weighted by Crippen LogP contribution is 2.37. The highest BCUT2D eigenvalue weighted by molar-refractivity contribution is 9.10. The van der Waals surface area contributed by atoms with Crippen LogP contribution in [-0.2, 0) is 6.18 Å². The summed E-state index contributed by atoms with van der Waals surface area (Å²) in [5.41, 5.74) is 3.14. The maximum atomic E-state index is 13.8. The zero-order valence-corrected chi connectivity index (χ0v) is 18.6. The molecular weight excluding hydrogens is 509 g/mol. The molecule has 1 N–H and O–H groups in total. The van der Waals surface area contributed by atoms with Gasteiger partial charge in [-0.3, -0.25) is 14.3 Å². The van der Waals surface area contributed by atoms with E-state index in [-0.39, 0.29) is 15.9 Å². The SMILES string of the molecule is O=C(c1nc2c(C(F)(F)F)cc(-c3cn[nH]c3)cn2c1Br)N1CC=C(c2cscn2)CC1. The number of hydrogen-bond acceptors (Lipinski definition) is 5. The van der Waals surface area contributed by atoms with Gasteiger partial charge in [-0.2, -0.15) is 18.3 Å². The Labute approximate surface area is 191 Å². The van der Waals surface area contributed by atoms with Crippen molar-refractivity contribution in [3.05, 3.63) is 63.2 Å². The zero-order valence-electron chi connectivity index (χ0n) is 16.2. The van der Waals surface area contributed by atoms with Gasteiger partial charge >= 0.3 is 6.18 Å². The zero-order chi connectivity index (χ0) is 22.5. The number of nitrogens with zero attached hydrogens (tertiary/aromatic N) is 5. The van der Waals surface area contributed by atoms with Gasteiger partial charge in [0.1, 0.15) is 4.60 Å². The van der Waals surface area contributed by atoms with Gasteiger partial charge in [0.2, 0.25) is 0 Å². The fraction of sp³-hybridized carbons (Fsp3) is 0.200. The van der Waals surface area contributed by atoms with E-state index in [1.807, 2.05) is 11.5 Å². The first-order valence-electron chi connectivity index (χ1n) is 9.47. The molecule has 1 amide bonds. The van der Waals surface area contributed by atoms with Crippen LogP contribution in [0.4, 0.5) is 13.2 Å². The number of imidazole rings is 1. The molecule has 12 heteroatoms. The number of carbonyl (C=O) groups excluding carboxylic acids is 1. The number of nitrogens with one attached hydrogen (secondary N) is 1. The first-order valence-corrected chi connectivity index (χ1v) is 11.2. The Kier molecular flexibility index (Phi) is 5.13. The fourth-order valence-corrected chi connectivity index (χ4v) is 4.74. The summed E-state index contributed by atoms with van der Waals surface area (Å²) in [4.78, 5) is 23.1. The van der Waals surface area contributed by atoms with Crippen LogP contribution in [0.25, 0.3) is 22.3 Å². The average Bonchev–Trinajstić information content (AvgIpc) is 3.54. The van der Waals surface area contributed by atoms with E-state index >= 15 is 0 Å². The first kappa shape index (κ1) is 20.9. The van der Waals surface area contributed by atoms with Crippen molar-refractivity contribution in [3.63, 3.8) is 0 Å². The number of rotatable bonds is 3. The average molecular weight is 523 g/mol. The van der Waals surface area contributed by atoms with Gasteiger partial charge in [0.25, 0.3) is 5.91 Å². The summed E-state index contributed by atoms with van der Waals surface area (Å²) in [6, 6.07) is 1.01. The predicted octanol–water partition coefficient (Wildman–Crippen LogP) is 4.89. The normalized spacial score (nSPS) is 14.8. The second-order valence-electron chi connectivity index (χ2n) is 7.18. The molecule has 0 fully saturated rings. The number of alkyl halides is 3. The molecule has 5 heterocycles. The summed E-state index contributed by atoms with van der Waals surface area (Å²) in [7, 11) is 0. The molecule has 0 aliphatic carbocycles. The summed E-state index contributed by atoms with van der Waals surface area (Å²) in [5.74, 6) is -0.438. The molecule has 32 heavy (non-hydrogen) atoms. The van der Waals surface area contributed by atoms with Crippen molar-refractivity contribution >= 4 is 44.4 Å². The monoisotopic (exact) mass is 522 g/mol. The van der Waals surface area contributed by atoms with Crippen LogP contribution in [-0.4, -0.2) is 48.5 Å². The topological polar surface area (TPSA) is 79.2 Å². The van der Waals surface area contributed by atoms with Crippen LogP contribution < -0.4 is 0 Å². The van der Waals surface area contributed by atoms with E-state index in [4.69, 9.17) is 0 Å². The lowest BCUT2D eigenvalue weighted by molar-refractivity contribution is -0.136. The van der Waals surface area contributed by atoms with Crippen LogP contribution in [0.3, 0.4) is 0 Å². The number of fused-ring (bicyclic) bond motifs is 1. The standard InChI is InChI=1S/C20H14BrF3N6OS/c21-17-16(19(31)29-3-1-11(2-4-29)15-9-32-10-25-15)28-18-14(20(22,23)24)5-12(8-30(17)18)13-6-26-27-7-13/h1,5-10H,2-4H2,(H,26,27). The van der Waals surface area contributed by atoms with Crippen LogP contribution in [0.2, 0.25) is 0 Å². The molecule has 164 valence electrons. The third-order valence-electron chi connectivity index (χ3n) is 5.26. The van der Waals surface area contributed by atoms with Gasteiger partial charge in [-0.05, 0) is 34.0 Å². The van der Waals surface area contributed by atoms with Gasteiger partial charge in [0.15, 0.2) is 11.3 Å². The first-order chi connectivity index (χ1) is 15.3. The Morgan fingerprint density at radius 1 is 1.28 bits per heavy atom. The second-order valence-corrected chi connectivity index (χ2v) is 8.65. The molecule has 0 saturated carbocycles. The molecule has 0 aromatic carbocycles. The van der Waals surface area contributed by atoms with E-state index in [1.54, 1.807) is 10.4 Å². The highest BCUT2D eigenvalue weighted by atomic mass is 79.9. The maximum Gasteiger partial charge on any atom is 0.420 e. The molecule has 4 aromatic rings. The fourth-order valence-electron chi connectivity index (χ4n) is 3.64. The van der Waals surface area contributed by atoms with E-state index in [0.717, 1.165) is 17.3 Å². The lowest BCUT2D eigenvalue weighted by Gasteiger charge is -2.25. The summed E-state index contributed by atoms with van der Waals surface area (Å²) in [6.07, 6.45) is 2.30. The highest BCUT2D eigenvalue weighted by Gasteiger charge is 2.36. The van der Waals surface area contributed by atoms with Crippen molar-refractivity contribution in [3.8, 4) is 11.1 Å². The van der Waals surface area contributed by atoms with E-state index < -0.39 is 17.6 Å². The van der Waals surface area contributed by atoms with Crippen LogP contribution in [0.5, 0.6) is 0 Å². The van der Waals surface area contributed by atoms with Crippen molar-refractivity contribution in [2.75, 3.05) is 13.1 Å². The van der Waals surface area contributed by atoms with E-state index in [9.17, 15) is 18.0 Å². The molecule has 0 atom stereocenters. The molecule has 0 spiro atoms. The number of H-pyrrole nitrogens is 1. The van der Waals surface area contributed by atoms with Gasteiger partial charge in [0, 0.05) is 42.0 Å². The molecule has 4 aromatic heterocycles. The van der Waals surface area contributed by atoms with Gasteiger partial charge < -0.3 is 4.90 Å². The third kappa shape index (κ3) is 3.62. The predicted molar refractivity (Wildman–Crippen MR) is 116 cm³/mol. The summed E-state index contributed by atoms with van der Waals surface area (Å²) in [5, 5.41) is 8.33. The van der Waals surface area contributed by atoms with Crippen molar-refractivity contribution in [1.29, 1.82) is 0 Å². The maximum absolute atomic E-state index is 13.8. The van der Waals surface area contributed by atoms with E-state index in [2.05, 4.69) is 36.1 Å². The van der Waals surface area contributed by atoms with Crippen LogP contribution in [0.1, 0.15) is 28.2 Å². The van der Waals surface area contributed by atoms with E-state index in [0.29, 0.717) is 30.6 Å². The summed E-state index contributed by atoms with van der Waals surface area (Å²) >= 11 is 4.79. The number of amides is 1. The molecule has 1 aliphatic heterocycles. The second kappa shape index (κ2) is 7.85.